The third-order valence-electron chi connectivity index (χ3n) is 4.04. The van der Waals surface area contributed by atoms with Crippen molar-refractivity contribution in [2.75, 3.05) is 17.3 Å². The highest BCUT2D eigenvalue weighted by Gasteiger charge is 2.24. The minimum atomic E-state index is -0.689. The third-order valence-corrected chi connectivity index (χ3v) is 4.57. The maximum atomic E-state index is 12.3. The molecule has 0 aliphatic heterocycles. The van der Waals surface area contributed by atoms with E-state index in [-0.39, 0.29) is 23.8 Å². The molecule has 0 radical (unpaired) electrons. The predicted octanol–water partition coefficient (Wildman–Crippen LogP) is 3.82. The molecule has 32 heavy (non-hydrogen) atoms. The largest absolute Gasteiger partial charge is 0.462 e. The van der Waals surface area contributed by atoms with Crippen LogP contribution in [0.5, 0.6) is 0 Å². The minimum Gasteiger partial charge on any atom is -0.462 e. The van der Waals surface area contributed by atoms with Gasteiger partial charge in [0.25, 0.3) is 5.91 Å². The number of nitro groups is 1. The summed E-state index contributed by atoms with van der Waals surface area (Å²) in [6.45, 7) is 1.91. The molecule has 3 N–H and O–H groups in total. The number of aromatic nitrogens is 2. The van der Waals surface area contributed by atoms with Gasteiger partial charge in [-0.25, -0.2) is 14.8 Å². The van der Waals surface area contributed by atoms with Crippen LogP contribution in [0.3, 0.4) is 0 Å². The molecule has 164 valence electrons. The van der Waals surface area contributed by atoms with Gasteiger partial charge in [-0.05, 0) is 49.4 Å². The summed E-state index contributed by atoms with van der Waals surface area (Å²) in [5.41, 5.74) is 5.33. The molecule has 1 heterocycles. The summed E-state index contributed by atoms with van der Waals surface area (Å²) in [5.74, 6) is -1.39. The molecule has 0 fully saturated rings. The molecule has 1 aromatic heterocycles. The normalized spacial score (nSPS) is 10.2. The van der Waals surface area contributed by atoms with Gasteiger partial charge in [-0.1, -0.05) is 22.0 Å². The highest BCUT2D eigenvalue weighted by molar-refractivity contribution is 9.10. The second-order valence-electron chi connectivity index (χ2n) is 6.19. The van der Waals surface area contributed by atoms with Crippen LogP contribution in [-0.4, -0.2) is 33.4 Å². The first kappa shape index (κ1) is 22.6. The maximum Gasteiger partial charge on any atom is 0.355 e. The lowest BCUT2D eigenvalue weighted by Gasteiger charge is -2.11. The van der Waals surface area contributed by atoms with Crippen LogP contribution in [0, 0.1) is 10.1 Å². The average molecular weight is 501 g/mol. The molecule has 1 amide bonds. The Bertz CT molecular complexity index is 1160. The Kier molecular flexibility index (Phi) is 7.29. The molecule has 0 bridgehead atoms. The van der Waals surface area contributed by atoms with Crippen molar-refractivity contribution < 1.29 is 19.2 Å². The Morgan fingerprint density at radius 2 is 1.81 bits per heavy atom. The molecule has 11 nitrogen and oxygen atoms in total. The number of benzene rings is 2. The monoisotopic (exact) mass is 500 g/mol. The number of esters is 1. The zero-order valence-electron chi connectivity index (χ0n) is 16.7. The molecule has 0 saturated carbocycles. The topological polar surface area (TPSA) is 148 Å². The van der Waals surface area contributed by atoms with Crippen molar-refractivity contribution in [2.45, 2.75) is 6.92 Å². The number of hydrogen-bond donors (Lipinski definition) is 3. The van der Waals surface area contributed by atoms with E-state index in [2.05, 4.69) is 42.1 Å². The van der Waals surface area contributed by atoms with Crippen LogP contribution in [-0.2, 0) is 4.74 Å². The number of rotatable bonds is 8. The fourth-order valence-electron chi connectivity index (χ4n) is 2.60. The summed E-state index contributed by atoms with van der Waals surface area (Å²) in [6.07, 6.45) is 1.10. The van der Waals surface area contributed by atoms with E-state index in [1.54, 1.807) is 49.4 Å². The van der Waals surface area contributed by atoms with Crippen molar-refractivity contribution in [3.05, 3.63) is 80.6 Å². The second kappa shape index (κ2) is 10.3. The summed E-state index contributed by atoms with van der Waals surface area (Å²) >= 11 is 3.28. The summed E-state index contributed by atoms with van der Waals surface area (Å²) in [4.78, 5) is 43.0. The van der Waals surface area contributed by atoms with E-state index < -0.39 is 22.5 Å². The molecule has 3 rings (SSSR count). The Morgan fingerprint density at radius 1 is 1.09 bits per heavy atom. The number of nitrogens with one attached hydrogen (secondary N) is 3. The van der Waals surface area contributed by atoms with Gasteiger partial charge >= 0.3 is 11.7 Å². The predicted molar refractivity (Wildman–Crippen MR) is 120 cm³/mol. The van der Waals surface area contributed by atoms with E-state index >= 15 is 0 Å². The molecule has 0 aliphatic carbocycles. The second-order valence-corrected chi connectivity index (χ2v) is 7.10. The van der Waals surface area contributed by atoms with Crippen LogP contribution in [0.25, 0.3) is 0 Å². The van der Waals surface area contributed by atoms with Crippen molar-refractivity contribution in [3.63, 3.8) is 0 Å². The van der Waals surface area contributed by atoms with E-state index in [1.807, 2.05) is 0 Å². The van der Waals surface area contributed by atoms with Crippen LogP contribution < -0.4 is 16.2 Å². The zero-order chi connectivity index (χ0) is 23.1. The Labute approximate surface area is 190 Å². The molecule has 0 saturated heterocycles. The number of ether oxygens (including phenoxy) is 1. The molecule has 12 heteroatoms. The van der Waals surface area contributed by atoms with Crippen LogP contribution >= 0.6 is 15.9 Å². The van der Waals surface area contributed by atoms with Crippen molar-refractivity contribution in [2.24, 2.45) is 0 Å². The molecule has 0 aliphatic rings. The molecule has 0 unspecified atom stereocenters. The third kappa shape index (κ3) is 5.55. The highest BCUT2D eigenvalue weighted by Crippen LogP contribution is 2.31. The highest BCUT2D eigenvalue weighted by atomic mass is 79.9. The van der Waals surface area contributed by atoms with E-state index in [0.717, 1.165) is 10.8 Å². The van der Waals surface area contributed by atoms with Gasteiger partial charge in [0.15, 0.2) is 0 Å². The molecule has 3 aromatic rings. The first-order valence-electron chi connectivity index (χ1n) is 9.24. The van der Waals surface area contributed by atoms with Gasteiger partial charge in [-0.2, -0.15) is 0 Å². The summed E-state index contributed by atoms with van der Waals surface area (Å²) in [7, 11) is 0. The first-order valence-corrected chi connectivity index (χ1v) is 10.0. The summed E-state index contributed by atoms with van der Waals surface area (Å²) in [6, 6.07) is 12.8. The number of hydrogen-bond acceptors (Lipinski definition) is 9. The zero-order valence-corrected chi connectivity index (χ0v) is 18.3. The lowest BCUT2D eigenvalue weighted by Crippen LogP contribution is -2.30. The number of carbonyl (C=O) groups is 2. The average Bonchev–Trinajstić information content (AvgIpc) is 2.78. The van der Waals surface area contributed by atoms with Gasteiger partial charge in [0.05, 0.1) is 17.1 Å². The molecule has 0 atom stereocenters. The van der Waals surface area contributed by atoms with E-state index in [9.17, 15) is 19.7 Å². The Balaban J connectivity index is 1.81. The number of carbonyl (C=O) groups excluding carboxylic acids is 2. The van der Waals surface area contributed by atoms with Gasteiger partial charge in [0.2, 0.25) is 11.6 Å². The Hall–Kier alpha value is -4.06. The fourth-order valence-corrected chi connectivity index (χ4v) is 2.86. The van der Waals surface area contributed by atoms with Crippen molar-refractivity contribution in [1.82, 2.24) is 15.4 Å². The van der Waals surface area contributed by atoms with Crippen LogP contribution in [0.1, 0.15) is 27.6 Å². The molecule has 0 spiro atoms. The summed E-state index contributed by atoms with van der Waals surface area (Å²) in [5, 5.41) is 14.5. The number of halogens is 1. The van der Waals surface area contributed by atoms with Gasteiger partial charge in [-0.15, -0.1) is 0 Å². The van der Waals surface area contributed by atoms with E-state index in [4.69, 9.17) is 4.74 Å². The minimum absolute atomic E-state index is 0.133. The van der Waals surface area contributed by atoms with Gasteiger partial charge in [-0.3, -0.25) is 25.8 Å². The number of amides is 1. The SMILES string of the molecule is CCOC(=O)c1cccc(Nc2ncnc(NNC(=O)c3ccc(Br)cc3)c2[N+](=O)[O-])c1. The number of nitrogens with zero attached hydrogens (tertiary/aromatic N) is 3. The fraction of sp³-hybridized carbons (Fsp3) is 0.100. The first-order chi connectivity index (χ1) is 15.4. The van der Waals surface area contributed by atoms with E-state index in [1.165, 1.54) is 6.07 Å². The van der Waals surface area contributed by atoms with Crippen LogP contribution in [0.4, 0.5) is 23.0 Å². The van der Waals surface area contributed by atoms with Crippen LogP contribution in [0.15, 0.2) is 59.3 Å². The van der Waals surface area contributed by atoms with Crippen LogP contribution in [0.2, 0.25) is 0 Å². The molecule has 2 aromatic carbocycles. The van der Waals surface area contributed by atoms with Crippen molar-refractivity contribution in [1.29, 1.82) is 0 Å². The standard InChI is InChI=1S/C20H17BrN6O5/c1-2-32-20(29)13-4-3-5-15(10-13)24-17-16(27(30)31)18(23-11-22-17)25-26-19(28)12-6-8-14(21)9-7-12/h3-11H,2H2,1H3,(H,26,28)(H2,22,23,24,25). The molecular formula is C20H17BrN6O5. The lowest BCUT2D eigenvalue weighted by molar-refractivity contribution is -0.383. The molecular weight excluding hydrogens is 484 g/mol. The quantitative estimate of drug-likeness (QED) is 0.238. The van der Waals surface area contributed by atoms with Crippen molar-refractivity contribution in [3.8, 4) is 0 Å². The number of hydrazine groups is 1. The van der Waals surface area contributed by atoms with Crippen molar-refractivity contribution >= 4 is 50.8 Å². The smallest absolute Gasteiger partial charge is 0.355 e. The van der Waals surface area contributed by atoms with Gasteiger partial charge in [0, 0.05) is 15.7 Å². The summed E-state index contributed by atoms with van der Waals surface area (Å²) < 4.78 is 5.76. The van der Waals surface area contributed by atoms with E-state index in [0.29, 0.717) is 11.3 Å². The van der Waals surface area contributed by atoms with Gasteiger partial charge < -0.3 is 10.1 Å². The maximum absolute atomic E-state index is 12.3. The Morgan fingerprint density at radius 3 is 2.50 bits per heavy atom. The van der Waals surface area contributed by atoms with Gasteiger partial charge in [0.1, 0.15) is 6.33 Å². The number of anilines is 3. The lowest BCUT2D eigenvalue weighted by atomic mass is 10.2.